The molecule has 0 aliphatic heterocycles. The summed E-state index contributed by atoms with van der Waals surface area (Å²) in [6.07, 6.45) is 3.41. The summed E-state index contributed by atoms with van der Waals surface area (Å²) in [5, 5.41) is 0.786. The first-order valence-corrected chi connectivity index (χ1v) is 7.03. The van der Waals surface area contributed by atoms with E-state index < -0.39 is 0 Å². The summed E-state index contributed by atoms with van der Waals surface area (Å²) in [6.45, 7) is 0.504. The molecule has 0 amide bonds. The Morgan fingerprint density at radius 3 is 2.79 bits per heavy atom. The monoisotopic (exact) mass is 272 g/mol. The lowest BCUT2D eigenvalue weighted by Gasteiger charge is -2.03. The van der Waals surface area contributed by atoms with Gasteiger partial charge >= 0.3 is 5.69 Å². The van der Waals surface area contributed by atoms with Crippen molar-refractivity contribution in [2.45, 2.75) is 11.6 Å². The molecule has 0 aliphatic carbocycles. The zero-order valence-corrected chi connectivity index (χ0v) is 11.1. The second kappa shape index (κ2) is 4.89. The van der Waals surface area contributed by atoms with E-state index in [0.29, 0.717) is 17.7 Å². The summed E-state index contributed by atoms with van der Waals surface area (Å²) in [4.78, 5) is 23.2. The van der Waals surface area contributed by atoms with E-state index in [1.54, 1.807) is 4.57 Å². The topological polar surface area (TPSA) is 63.6 Å². The lowest BCUT2D eigenvalue weighted by molar-refractivity contribution is 0.777. The molecule has 5 nitrogen and oxygen atoms in total. The number of aromatic nitrogens is 4. The molecule has 3 aromatic rings. The molecule has 6 heteroatoms. The highest BCUT2D eigenvalue weighted by atomic mass is 32.2. The van der Waals surface area contributed by atoms with Crippen LogP contribution in [0.2, 0.25) is 0 Å². The van der Waals surface area contributed by atoms with Crippen molar-refractivity contribution in [1.29, 1.82) is 0 Å². The maximum absolute atomic E-state index is 12.0. The molecule has 0 spiro atoms. The van der Waals surface area contributed by atoms with E-state index in [4.69, 9.17) is 0 Å². The van der Waals surface area contributed by atoms with Gasteiger partial charge < -0.3 is 4.98 Å². The van der Waals surface area contributed by atoms with Crippen LogP contribution >= 0.6 is 11.8 Å². The van der Waals surface area contributed by atoms with Crippen molar-refractivity contribution in [1.82, 2.24) is 19.5 Å². The van der Waals surface area contributed by atoms with E-state index in [0.717, 1.165) is 10.6 Å². The fourth-order valence-corrected chi connectivity index (χ4v) is 2.51. The molecule has 0 fully saturated rings. The first-order chi connectivity index (χ1) is 9.29. The SMILES string of the molecule is CSc1ncnc2c1[nH]c(=O)n2Cc1ccccc1. The van der Waals surface area contributed by atoms with Gasteiger partial charge in [0.2, 0.25) is 0 Å². The van der Waals surface area contributed by atoms with Gasteiger partial charge in [-0.2, -0.15) is 0 Å². The Labute approximate surface area is 113 Å². The van der Waals surface area contributed by atoms with Crippen LogP contribution in [0.4, 0.5) is 0 Å². The standard InChI is InChI=1S/C13H12N4OS/c1-19-12-10-11(14-8-15-12)17(13(18)16-10)7-9-5-3-2-4-6-9/h2-6,8H,7H2,1H3,(H,16,18). The second-order valence-corrected chi connectivity index (χ2v) is 4.88. The van der Waals surface area contributed by atoms with Crippen LogP contribution in [0.15, 0.2) is 46.5 Å². The van der Waals surface area contributed by atoms with Gasteiger partial charge in [0.1, 0.15) is 16.9 Å². The van der Waals surface area contributed by atoms with Gasteiger partial charge in [0.05, 0.1) is 6.54 Å². The molecule has 96 valence electrons. The predicted molar refractivity (Wildman–Crippen MR) is 75.5 cm³/mol. The number of benzene rings is 1. The lowest BCUT2D eigenvalue weighted by Crippen LogP contribution is -2.17. The molecule has 0 atom stereocenters. The van der Waals surface area contributed by atoms with Crippen LogP contribution in [-0.2, 0) is 6.54 Å². The van der Waals surface area contributed by atoms with Gasteiger partial charge in [-0.05, 0) is 11.8 Å². The van der Waals surface area contributed by atoms with E-state index in [-0.39, 0.29) is 5.69 Å². The molecule has 0 aliphatic rings. The molecule has 0 unspecified atom stereocenters. The normalized spacial score (nSPS) is 11.0. The van der Waals surface area contributed by atoms with E-state index in [2.05, 4.69) is 15.0 Å². The average molecular weight is 272 g/mol. The average Bonchev–Trinajstić information content (AvgIpc) is 2.76. The van der Waals surface area contributed by atoms with Crippen LogP contribution in [0.25, 0.3) is 11.2 Å². The largest absolute Gasteiger partial charge is 0.328 e. The second-order valence-electron chi connectivity index (χ2n) is 4.08. The number of rotatable bonds is 3. The van der Waals surface area contributed by atoms with Gasteiger partial charge in [0, 0.05) is 0 Å². The van der Waals surface area contributed by atoms with E-state index >= 15 is 0 Å². The Balaban J connectivity index is 2.14. The fourth-order valence-electron chi connectivity index (χ4n) is 2.01. The van der Waals surface area contributed by atoms with Gasteiger partial charge in [0.25, 0.3) is 0 Å². The molecule has 0 radical (unpaired) electrons. The molecule has 19 heavy (non-hydrogen) atoms. The summed E-state index contributed by atoms with van der Waals surface area (Å²) >= 11 is 1.49. The molecular formula is C13H12N4OS. The maximum atomic E-state index is 12.0. The number of aromatic amines is 1. The highest BCUT2D eigenvalue weighted by Gasteiger charge is 2.12. The van der Waals surface area contributed by atoms with E-state index in [1.165, 1.54) is 18.1 Å². The van der Waals surface area contributed by atoms with Crippen molar-refractivity contribution in [2.24, 2.45) is 0 Å². The smallest absolute Gasteiger partial charge is 0.302 e. The third-order valence-corrected chi connectivity index (χ3v) is 3.60. The number of nitrogens with one attached hydrogen (secondary N) is 1. The van der Waals surface area contributed by atoms with Crippen molar-refractivity contribution >= 4 is 22.9 Å². The number of hydrogen-bond donors (Lipinski definition) is 1. The number of hydrogen-bond acceptors (Lipinski definition) is 4. The predicted octanol–water partition coefficient (Wildman–Crippen LogP) is 1.89. The Morgan fingerprint density at radius 1 is 1.26 bits per heavy atom. The van der Waals surface area contributed by atoms with Crippen molar-refractivity contribution in [3.63, 3.8) is 0 Å². The molecule has 0 saturated carbocycles. The summed E-state index contributed by atoms with van der Waals surface area (Å²) in [7, 11) is 0. The quantitative estimate of drug-likeness (QED) is 0.584. The minimum atomic E-state index is -0.158. The van der Waals surface area contributed by atoms with Crippen molar-refractivity contribution in [3.05, 3.63) is 52.7 Å². The third-order valence-electron chi connectivity index (χ3n) is 2.90. The van der Waals surface area contributed by atoms with Crippen molar-refractivity contribution in [3.8, 4) is 0 Å². The summed E-state index contributed by atoms with van der Waals surface area (Å²) in [6, 6.07) is 9.84. The summed E-state index contributed by atoms with van der Waals surface area (Å²) in [5.74, 6) is 0. The molecule has 1 aromatic carbocycles. The first-order valence-electron chi connectivity index (χ1n) is 5.81. The van der Waals surface area contributed by atoms with Gasteiger partial charge in [-0.25, -0.2) is 14.8 Å². The minimum absolute atomic E-state index is 0.158. The van der Waals surface area contributed by atoms with Crippen molar-refractivity contribution in [2.75, 3.05) is 6.26 Å². The Morgan fingerprint density at radius 2 is 2.05 bits per heavy atom. The number of H-pyrrole nitrogens is 1. The highest BCUT2D eigenvalue weighted by molar-refractivity contribution is 7.98. The Bertz CT molecular complexity index is 763. The Hall–Kier alpha value is -2.08. The summed E-state index contributed by atoms with van der Waals surface area (Å²) in [5.41, 5.74) is 2.26. The first kappa shape index (κ1) is 12.0. The molecule has 1 N–H and O–H groups in total. The molecule has 0 bridgehead atoms. The van der Waals surface area contributed by atoms with Gasteiger partial charge in [-0.3, -0.25) is 4.57 Å². The molecule has 2 heterocycles. The number of fused-ring (bicyclic) bond motifs is 1. The molecular weight excluding hydrogens is 260 g/mol. The zero-order chi connectivity index (χ0) is 13.2. The molecule has 2 aromatic heterocycles. The van der Waals surface area contributed by atoms with Gasteiger partial charge in [-0.15, -0.1) is 11.8 Å². The number of imidazole rings is 1. The van der Waals surface area contributed by atoms with Gasteiger partial charge in [-0.1, -0.05) is 30.3 Å². The third kappa shape index (κ3) is 2.15. The van der Waals surface area contributed by atoms with E-state index in [1.807, 2.05) is 36.6 Å². The van der Waals surface area contributed by atoms with E-state index in [9.17, 15) is 4.79 Å². The van der Waals surface area contributed by atoms with Crippen molar-refractivity contribution < 1.29 is 0 Å². The van der Waals surface area contributed by atoms with Crippen LogP contribution in [-0.4, -0.2) is 25.8 Å². The molecule has 3 rings (SSSR count). The Kier molecular flexibility index (Phi) is 3.08. The number of thioether (sulfide) groups is 1. The van der Waals surface area contributed by atoms with Crippen LogP contribution in [0.1, 0.15) is 5.56 Å². The van der Waals surface area contributed by atoms with Crippen LogP contribution in [0, 0.1) is 0 Å². The van der Waals surface area contributed by atoms with Gasteiger partial charge in [0.15, 0.2) is 5.65 Å². The maximum Gasteiger partial charge on any atom is 0.328 e. The lowest BCUT2D eigenvalue weighted by atomic mass is 10.2. The molecule has 0 saturated heterocycles. The zero-order valence-electron chi connectivity index (χ0n) is 10.3. The van der Waals surface area contributed by atoms with Crippen LogP contribution in [0.5, 0.6) is 0 Å². The summed E-state index contributed by atoms with van der Waals surface area (Å²) < 4.78 is 1.63. The number of nitrogens with zero attached hydrogens (tertiary/aromatic N) is 3. The fraction of sp³-hybridized carbons (Fsp3) is 0.154. The minimum Gasteiger partial charge on any atom is -0.302 e. The highest BCUT2D eigenvalue weighted by Crippen LogP contribution is 2.19. The van der Waals surface area contributed by atoms with Crippen LogP contribution < -0.4 is 5.69 Å². The van der Waals surface area contributed by atoms with Crippen LogP contribution in [0.3, 0.4) is 0 Å².